The van der Waals surface area contributed by atoms with E-state index < -0.39 is 0 Å². The predicted octanol–water partition coefficient (Wildman–Crippen LogP) is 3.64. The van der Waals surface area contributed by atoms with Gasteiger partial charge in [0.1, 0.15) is 0 Å². The number of aryl methyl sites for hydroxylation is 1. The van der Waals surface area contributed by atoms with Crippen LogP contribution in [0.1, 0.15) is 56.9 Å². The summed E-state index contributed by atoms with van der Waals surface area (Å²) in [5.41, 5.74) is 2.25. The summed E-state index contributed by atoms with van der Waals surface area (Å²) in [7, 11) is 0. The van der Waals surface area contributed by atoms with Gasteiger partial charge in [-0.1, -0.05) is 50.3 Å². The van der Waals surface area contributed by atoms with Crippen molar-refractivity contribution in [3.63, 3.8) is 0 Å². The van der Waals surface area contributed by atoms with E-state index in [1.807, 2.05) is 18.2 Å². The average Bonchev–Trinajstić information content (AvgIpc) is 2.61. The zero-order chi connectivity index (χ0) is 14.5. The summed E-state index contributed by atoms with van der Waals surface area (Å²) in [6.45, 7) is 0. The summed E-state index contributed by atoms with van der Waals surface area (Å²) in [5, 5.41) is 6.73. The highest BCUT2D eigenvalue weighted by molar-refractivity contribution is 5.96. The van der Waals surface area contributed by atoms with Crippen LogP contribution in [0.5, 0.6) is 0 Å². The molecule has 1 aromatic rings. The summed E-state index contributed by atoms with van der Waals surface area (Å²) in [6, 6.07) is 8.64. The third-order valence-corrected chi connectivity index (χ3v) is 4.84. The zero-order valence-electron chi connectivity index (χ0n) is 12.7. The number of nitrogens with one attached hydrogen (secondary N) is 2. The molecule has 1 aliphatic carbocycles. The smallest absolute Gasteiger partial charge is 0.241 e. The minimum absolute atomic E-state index is 0.0400. The third kappa shape index (κ3) is 3.85. The molecule has 1 amide bonds. The van der Waals surface area contributed by atoms with Gasteiger partial charge in [-0.05, 0) is 37.3 Å². The molecule has 1 atom stereocenters. The highest BCUT2D eigenvalue weighted by Gasteiger charge is 2.25. The fourth-order valence-corrected chi connectivity index (χ4v) is 3.58. The maximum atomic E-state index is 12.4. The van der Waals surface area contributed by atoms with E-state index in [1.54, 1.807) is 0 Å². The maximum absolute atomic E-state index is 12.4. The average molecular weight is 286 g/mol. The van der Waals surface area contributed by atoms with E-state index in [9.17, 15) is 4.79 Å². The Bertz CT molecular complexity index is 478. The van der Waals surface area contributed by atoms with Crippen LogP contribution in [-0.2, 0) is 11.2 Å². The van der Waals surface area contributed by atoms with E-state index in [-0.39, 0.29) is 11.9 Å². The van der Waals surface area contributed by atoms with Crippen LogP contribution in [0.3, 0.4) is 0 Å². The van der Waals surface area contributed by atoms with E-state index in [2.05, 4.69) is 16.7 Å². The number of rotatable bonds is 2. The monoisotopic (exact) mass is 286 g/mol. The number of carbonyl (C=O) groups is 1. The quantitative estimate of drug-likeness (QED) is 0.871. The summed E-state index contributed by atoms with van der Waals surface area (Å²) in [4.78, 5) is 12.4. The Morgan fingerprint density at radius 2 is 1.67 bits per heavy atom. The molecule has 0 spiro atoms. The van der Waals surface area contributed by atoms with Gasteiger partial charge in [0, 0.05) is 11.7 Å². The van der Waals surface area contributed by atoms with Crippen LogP contribution in [0.15, 0.2) is 24.3 Å². The first kappa shape index (κ1) is 14.6. The number of benzene rings is 1. The van der Waals surface area contributed by atoms with Crippen molar-refractivity contribution in [2.45, 2.75) is 69.9 Å². The van der Waals surface area contributed by atoms with Crippen LogP contribution < -0.4 is 10.6 Å². The van der Waals surface area contributed by atoms with Gasteiger partial charge in [0.05, 0.1) is 6.04 Å². The van der Waals surface area contributed by atoms with Gasteiger partial charge in [-0.3, -0.25) is 4.79 Å². The molecule has 0 bridgehead atoms. The van der Waals surface area contributed by atoms with E-state index in [4.69, 9.17) is 0 Å². The highest BCUT2D eigenvalue weighted by atomic mass is 16.2. The Morgan fingerprint density at radius 1 is 0.952 bits per heavy atom. The molecule has 114 valence electrons. The topological polar surface area (TPSA) is 41.1 Å². The van der Waals surface area contributed by atoms with Crippen LogP contribution in [0.25, 0.3) is 0 Å². The first-order chi connectivity index (χ1) is 10.3. The number of amides is 1. The molecule has 3 heteroatoms. The maximum Gasteiger partial charge on any atom is 0.241 e. The molecule has 3 rings (SSSR count). The molecule has 2 N–H and O–H groups in total. The molecule has 1 unspecified atom stereocenters. The van der Waals surface area contributed by atoms with Crippen LogP contribution in [0.2, 0.25) is 0 Å². The van der Waals surface area contributed by atoms with Gasteiger partial charge < -0.3 is 10.6 Å². The van der Waals surface area contributed by atoms with Gasteiger partial charge in [0.15, 0.2) is 0 Å². The molecular weight excluding hydrogens is 260 g/mol. The second-order valence-corrected chi connectivity index (χ2v) is 6.45. The largest absolute Gasteiger partial charge is 0.324 e. The lowest BCUT2D eigenvalue weighted by atomic mass is 9.95. The Hall–Kier alpha value is -1.35. The van der Waals surface area contributed by atoms with Crippen molar-refractivity contribution in [3.8, 4) is 0 Å². The van der Waals surface area contributed by atoms with Crippen molar-refractivity contribution >= 4 is 11.6 Å². The SMILES string of the molecule is O=C1Nc2ccccc2CCC1NC1CCCCCCC1. The first-order valence-electron chi connectivity index (χ1n) is 8.48. The van der Waals surface area contributed by atoms with Crippen molar-refractivity contribution in [3.05, 3.63) is 29.8 Å². The lowest BCUT2D eigenvalue weighted by molar-refractivity contribution is -0.118. The first-order valence-corrected chi connectivity index (χ1v) is 8.48. The lowest BCUT2D eigenvalue weighted by Gasteiger charge is -2.25. The standard InChI is InChI=1S/C18H26N2O/c21-18-17(19-15-9-4-2-1-3-5-10-15)13-12-14-8-6-7-11-16(14)20-18/h6-8,11,15,17,19H,1-5,9-10,12-13H2,(H,20,21). The van der Waals surface area contributed by atoms with Crippen molar-refractivity contribution in [2.24, 2.45) is 0 Å². The molecule has 0 aromatic heterocycles. The molecule has 21 heavy (non-hydrogen) atoms. The highest BCUT2D eigenvalue weighted by Crippen LogP contribution is 2.23. The minimum atomic E-state index is -0.0400. The van der Waals surface area contributed by atoms with Gasteiger partial charge in [-0.2, -0.15) is 0 Å². The van der Waals surface area contributed by atoms with Gasteiger partial charge >= 0.3 is 0 Å². The lowest BCUT2D eigenvalue weighted by Crippen LogP contribution is -2.45. The van der Waals surface area contributed by atoms with E-state index >= 15 is 0 Å². The van der Waals surface area contributed by atoms with E-state index in [0.29, 0.717) is 6.04 Å². The van der Waals surface area contributed by atoms with Crippen LogP contribution in [0.4, 0.5) is 5.69 Å². The molecule has 1 aliphatic heterocycles. The number of anilines is 1. The molecule has 1 fully saturated rings. The van der Waals surface area contributed by atoms with Gasteiger partial charge in [0.25, 0.3) is 0 Å². The zero-order valence-corrected chi connectivity index (χ0v) is 12.7. The predicted molar refractivity (Wildman–Crippen MR) is 86.4 cm³/mol. The second-order valence-electron chi connectivity index (χ2n) is 6.45. The van der Waals surface area contributed by atoms with Crippen molar-refractivity contribution in [1.29, 1.82) is 0 Å². The van der Waals surface area contributed by atoms with Crippen molar-refractivity contribution < 1.29 is 4.79 Å². The van der Waals surface area contributed by atoms with Crippen molar-refractivity contribution in [2.75, 3.05) is 5.32 Å². The number of hydrogen-bond acceptors (Lipinski definition) is 2. The summed E-state index contributed by atoms with van der Waals surface area (Å²) in [6.07, 6.45) is 11.0. The summed E-state index contributed by atoms with van der Waals surface area (Å²) < 4.78 is 0. The number of carbonyl (C=O) groups excluding carboxylic acids is 1. The van der Waals surface area contributed by atoms with E-state index in [0.717, 1.165) is 18.5 Å². The molecule has 0 radical (unpaired) electrons. The summed E-state index contributed by atoms with van der Waals surface area (Å²) >= 11 is 0. The Labute approximate surface area is 127 Å². The van der Waals surface area contributed by atoms with Crippen LogP contribution >= 0.6 is 0 Å². The molecule has 2 aliphatic rings. The third-order valence-electron chi connectivity index (χ3n) is 4.84. The summed E-state index contributed by atoms with van der Waals surface area (Å²) in [5.74, 6) is 0.141. The number of hydrogen-bond donors (Lipinski definition) is 2. The minimum Gasteiger partial charge on any atom is -0.324 e. The normalized spacial score (nSPS) is 24.4. The van der Waals surface area contributed by atoms with Crippen LogP contribution in [-0.4, -0.2) is 18.0 Å². The van der Waals surface area contributed by atoms with E-state index in [1.165, 1.54) is 50.5 Å². The molecule has 1 aromatic carbocycles. The van der Waals surface area contributed by atoms with Crippen molar-refractivity contribution in [1.82, 2.24) is 5.32 Å². The Balaban J connectivity index is 1.62. The molecule has 1 saturated carbocycles. The number of fused-ring (bicyclic) bond motifs is 1. The molecular formula is C18H26N2O. The molecule has 1 heterocycles. The molecule has 3 nitrogen and oxygen atoms in total. The van der Waals surface area contributed by atoms with Gasteiger partial charge in [-0.25, -0.2) is 0 Å². The van der Waals surface area contributed by atoms with Crippen LogP contribution in [0, 0.1) is 0 Å². The van der Waals surface area contributed by atoms with Gasteiger partial charge in [-0.15, -0.1) is 0 Å². The molecule has 0 saturated heterocycles. The van der Waals surface area contributed by atoms with Gasteiger partial charge in [0.2, 0.25) is 5.91 Å². The second kappa shape index (κ2) is 7.08. The Morgan fingerprint density at radius 3 is 2.48 bits per heavy atom. The fourth-order valence-electron chi connectivity index (χ4n) is 3.58. The fraction of sp³-hybridized carbons (Fsp3) is 0.611. The Kier molecular flexibility index (Phi) is 4.91. The number of para-hydroxylation sites is 1.